The van der Waals surface area contributed by atoms with Crippen LogP contribution in [0.2, 0.25) is 0 Å². The molecule has 1 amide bonds. The van der Waals surface area contributed by atoms with Gasteiger partial charge >= 0.3 is 0 Å². The van der Waals surface area contributed by atoms with Crippen molar-refractivity contribution in [2.45, 2.75) is 12.8 Å². The lowest BCUT2D eigenvalue weighted by Gasteiger charge is -2.22. The molecule has 0 aliphatic carbocycles. The molecule has 1 saturated heterocycles. The van der Waals surface area contributed by atoms with Crippen molar-refractivity contribution in [3.63, 3.8) is 0 Å². The average molecular weight is 376 g/mol. The molecule has 126 valence electrons. The number of carbonyl (C=O) groups is 1. The molecule has 0 radical (unpaired) electrons. The maximum atomic E-state index is 12.1. The van der Waals surface area contributed by atoms with E-state index in [1.54, 1.807) is 24.0 Å². The Bertz CT molecular complexity index is 604. The van der Waals surface area contributed by atoms with Crippen molar-refractivity contribution >= 4 is 42.1 Å². The lowest BCUT2D eigenvalue weighted by molar-refractivity contribution is 0.0940. The predicted molar refractivity (Wildman–Crippen MR) is 95.6 cm³/mol. The molecule has 0 saturated carbocycles. The van der Waals surface area contributed by atoms with E-state index >= 15 is 0 Å². The van der Waals surface area contributed by atoms with Gasteiger partial charge in [-0.15, -0.1) is 36.2 Å². The summed E-state index contributed by atoms with van der Waals surface area (Å²) in [5.74, 6) is 0.396. The summed E-state index contributed by atoms with van der Waals surface area (Å²) in [5.41, 5.74) is 1.14. The highest BCUT2D eigenvalue weighted by Gasteiger charge is 2.16. The summed E-state index contributed by atoms with van der Waals surface area (Å²) in [7, 11) is 0. The zero-order valence-corrected chi connectivity index (χ0v) is 14.8. The molecule has 0 spiro atoms. The highest BCUT2D eigenvalue weighted by molar-refractivity contribution is 7.13. The van der Waals surface area contributed by atoms with Crippen LogP contribution >= 0.6 is 36.2 Å². The molecule has 23 heavy (non-hydrogen) atoms. The number of amides is 1. The molecule has 0 aromatic carbocycles. The zero-order valence-electron chi connectivity index (χ0n) is 12.4. The van der Waals surface area contributed by atoms with E-state index in [1.807, 2.05) is 0 Å². The lowest BCUT2D eigenvalue weighted by atomic mass is 10.00. The van der Waals surface area contributed by atoms with Crippen LogP contribution in [0.5, 0.6) is 0 Å². The molecule has 0 bridgehead atoms. The second-order valence-corrected chi connectivity index (χ2v) is 5.91. The Labute approximate surface area is 151 Å². The van der Waals surface area contributed by atoms with Crippen LogP contribution in [0, 0.1) is 5.92 Å². The van der Waals surface area contributed by atoms with Crippen molar-refractivity contribution < 1.29 is 4.79 Å². The van der Waals surface area contributed by atoms with Crippen LogP contribution in [-0.2, 0) is 0 Å². The van der Waals surface area contributed by atoms with Crippen molar-refractivity contribution in [1.29, 1.82) is 0 Å². The maximum Gasteiger partial charge on any atom is 0.270 e. The molecule has 6 nitrogen and oxygen atoms in total. The Hall–Kier alpha value is -1.28. The number of nitrogens with zero attached hydrogens (tertiary/aromatic N) is 3. The smallest absolute Gasteiger partial charge is 0.270 e. The van der Waals surface area contributed by atoms with Crippen molar-refractivity contribution in [3.8, 4) is 10.7 Å². The summed E-state index contributed by atoms with van der Waals surface area (Å²) in [6, 6.07) is 0. The van der Waals surface area contributed by atoms with Gasteiger partial charge in [0, 0.05) is 24.3 Å². The van der Waals surface area contributed by atoms with Crippen LogP contribution in [0.15, 0.2) is 24.0 Å². The number of hydrogen-bond acceptors (Lipinski definition) is 6. The third-order valence-electron chi connectivity index (χ3n) is 3.47. The van der Waals surface area contributed by atoms with Gasteiger partial charge in [-0.25, -0.2) is 4.98 Å². The van der Waals surface area contributed by atoms with Crippen molar-refractivity contribution in [3.05, 3.63) is 29.7 Å². The molecule has 1 unspecified atom stereocenters. The van der Waals surface area contributed by atoms with Gasteiger partial charge in [-0.1, -0.05) is 0 Å². The fraction of sp³-hybridized carbons (Fsp3) is 0.429. The molecule has 3 heterocycles. The first-order chi connectivity index (χ1) is 10.3. The van der Waals surface area contributed by atoms with Gasteiger partial charge in [-0.05, 0) is 31.8 Å². The van der Waals surface area contributed by atoms with E-state index in [0.717, 1.165) is 19.5 Å². The highest BCUT2D eigenvalue weighted by atomic mass is 35.5. The van der Waals surface area contributed by atoms with Crippen LogP contribution in [0.4, 0.5) is 0 Å². The summed E-state index contributed by atoms with van der Waals surface area (Å²) < 4.78 is 0. The van der Waals surface area contributed by atoms with Crippen LogP contribution in [0.1, 0.15) is 23.3 Å². The molecule has 1 aliphatic heterocycles. The maximum absolute atomic E-state index is 12.1. The van der Waals surface area contributed by atoms with Crippen LogP contribution in [-0.4, -0.2) is 40.5 Å². The SMILES string of the molecule is Cl.Cl.O=C(NCC1CCCNC1)c1csc(-c2cnccn2)n1. The van der Waals surface area contributed by atoms with Crippen molar-refractivity contribution in [1.82, 2.24) is 25.6 Å². The second-order valence-electron chi connectivity index (χ2n) is 5.05. The molecule has 1 fully saturated rings. The van der Waals surface area contributed by atoms with Gasteiger partial charge in [0.2, 0.25) is 0 Å². The largest absolute Gasteiger partial charge is 0.350 e. The number of nitrogens with one attached hydrogen (secondary N) is 2. The standard InChI is InChI=1S/C14H17N5OS.2ClH/c20-13(18-7-10-2-1-3-15-6-10)12-9-21-14(19-12)11-8-16-4-5-17-11;;/h4-5,8-10,15H,1-3,6-7H2,(H,18,20);2*1H. The summed E-state index contributed by atoms with van der Waals surface area (Å²) in [4.78, 5) is 24.6. The second kappa shape index (κ2) is 9.77. The van der Waals surface area contributed by atoms with Gasteiger partial charge in [-0.3, -0.25) is 14.8 Å². The van der Waals surface area contributed by atoms with E-state index in [4.69, 9.17) is 0 Å². The molecule has 2 aromatic heterocycles. The minimum absolute atomic E-state index is 0. The van der Waals surface area contributed by atoms with E-state index in [1.165, 1.54) is 17.8 Å². The van der Waals surface area contributed by atoms with E-state index < -0.39 is 0 Å². The minimum Gasteiger partial charge on any atom is -0.350 e. The van der Waals surface area contributed by atoms with Crippen LogP contribution < -0.4 is 10.6 Å². The quantitative estimate of drug-likeness (QED) is 0.855. The molecule has 2 aromatic rings. The summed E-state index contributed by atoms with van der Waals surface area (Å²) >= 11 is 1.41. The minimum atomic E-state index is -0.119. The molecule has 9 heteroatoms. The van der Waals surface area contributed by atoms with Crippen LogP contribution in [0.25, 0.3) is 10.7 Å². The number of halogens is 2. The van der Waals surface area contributed by atoms with E-state index in [-0.39, 0.29) is 30.7 Å². The molecule has 2 N–H and O–H groups in total. The predicted octanol–water partition coefficient (Wildman–Crippen LogP) is 2.17. The number of piperidine rings is 1. The lowest BCUT2D eigenvalue weighted by Crippen LogP contribution is -2.38. The van der Waals surface area contributed by atoms with Gasteiger partial charge in [0.05, 0.1) is 6.20 Å². The number of carbonyl (C=O) groups excluding carboxylic acids is 1. The van der Waals surface area contributed by atoms with E-state index in [0.29, 0.717) is 28.9 Å². The topological polar surface area (TPSA) is 79.8 Å². The molecule has 1 atom stereocenters. The Balaban J connectivity index is 0.00000132. The van der Waals surface area contributed by atoms with Crippen molar-refractivity contribution in [2.24, 2.45) is 5.92 Å². The Kier molecular flexibility index (Phi) is 8.40. The number of aromatic nitrogens is 3. The molecule has 1 aliphatic rings. The van der Waals surface area contributed by atoms with E-state index in [2.05, 4.69) is 25.6 Å². The van der Waals surface area contributed by atoms with Gasteiger partial charge in [0.15, 0.2) is 0 Å². The summed E-state index contributed by atoms with van der Waals surface area (Å²) in [6.07, 6.45) is 7.22. The molecule has 3 rings (SSSR count). The van der Waals surface area contributed by atoms with Crippen LogP contribution in [0.3, 0.4) is 0 Å². The summed E-state index contributed by atoms with van der Waals surface area (Å²) in [6.45, 7) is 2.75. The Morgan fingerprint density at radius 3 is 2.96 bits per heavy atom. The average Bonchev–Trinajstić information content (AvgIpc) is 3.04. The summed E-state index contributed by atoms with van der Waals surface area (Å²) in [5, 5.41) is 8.78. The third-order valence-corrected chi connectivity index (χ3v) is 4.33. The number of hydrogen-bond donors (Lipinski definition) is 2. The number of rotatable bonds is 4. The molecular weight excluding hydrogens is 357 g/mol. The number of thiazole rings is 1. The molecular formula is C14H19Cl2N5OS. The van der Waals surface area contributed by atoms with Crippen molar-refractivity contribution in [2.75, 3.05) is 19.6 Å². The zero-order chi connectivity index (χ0) is 14.5. The van der Waals surface area contributed by atoms with E-state index in [9.17, 15) is 4.79 Å². The fourth-order valence-corrected chi connectivity index (χ4v) is 3.09. The highest BCUT2D eigenvalue weighted by Crippen LogP contribution is 2.20. The first-order valence-electron chi connectivity index (χ1n) is 7.04. The normalized spacial score (nSPS) is 16.8. The van der Waals surface area contributed by atoms with Gasteiger partial charge < -0.3 is 10.6 Å². The Morgan fingerprint density at radius 2 is 2.26 bits per heavy atom. The van der Waals surface area contributed by atoms with Gasteiger partial charge in [0.25, 0.3) is 5.91 Å². The Morgan fingerprint density at radius 1 is 1.39 bits per heavy atom. The monoisotopic (exact) mass is 375 g/mol. The van der Waals surface area contributed by atoms with Gasteiger partial charge in [-0.2, -0.15) is 0 Å². The fourth-order valence-electron chi connectivity index (χ4n) is 2.33. The first kappa shape index (κ1) is 19.8. The van der Waals surface area contributed by atoms with Gasteiger partial charge in [0.1, 0.15) is 16.4 Å². The first-order valence-corrected chi connectivity index (χ1v) is 7.92. The third kappa shape index (κ3) is 5.39.